The molecule has 0 fully saturated rings. The molecule has 0 saturated carbocycles. The molecule has 1 atom stereocenters. The Morgan fingerprint density at radius 2 is 2.10 bits per heavy atom. The van der Waals surface area contributed by atoms with E-state index in [1.165, 1.54) is 33.2 Å². The van der Waals surface area contributed by atoms with E-state index >= 15 is 0 Å². The van der Waals surface area contributed by atoms with Crippen molar-refractivity contribution < 1.29 is 9.53 Å². The highest BCUT2D eigenvalue weighted by molar-refractivity contribution is 5.93. The van der Waals surface area contributed by atoms with Crippen molar-refractivity contribution in [3.8, 4) is 0 Å². The van der Waals surface area contributed by atoms with E-state index in [1.807, 2.05) is 18.2 Å². The normalized spacial score (nSPS) is 19.5. The van der Waals surface area contributed by atoms with Crippen LogP contribution in [0.2, 0.25) is 0 Å². The van der Waals surface area contributed by atoms with Crippen molar-refractivity contribution >= 4 is 22.4 Å². The van der Waals surface area contributed by atoms with Gasteiger partial charge in [-0.25, -0.2) is 0 Å². The number of fused-ring (bicyclic) bond motifs is 2. The molecule has 3 N–H and O–H groups in total. The molecule has 5 rings (SSSR count). The molecule has 2 aliphatic rings. The average molecular weight is 402 g/mol. The molecule has 0 saturated heterocycles. The lowest BCUT2D eigenvalue weighted by Crippen LogP contribution is -2.31. The smallest absolute Gasteiger partial charge is 0.248 e. The van der Waals surface area contributed by atoms with Crippen molar-refractivity contribution in [1.82, 2.24) is 9.88 Å². The van der Waals surface area contributed by atoms with Gasteiger partial charge in [-0.2, -0.15) is 0 Å². The van der Waals surface area contributed by atoms with Crippen molar-refractivity contribution in [1.29, 1.82) is 0 Å². The number of amides is 1. The Kier molecular flexibility index (Phi) is 5.15. The van der Waals surface area contributed by atoms with Crippen molar-refractivity contribution in [3.05, 3.63) is 77.0 Å². The first-order valence-corrected chi connectivity index (χ1v) is 10.7. The predicted molar refractivity (Wildman–Crippen MR) is 119 cm³/mol. The van der Waals surface area contributed by atoms with Crippen molar-refractivity contribution in [3.63, 3.8) is 0 Å². The molecule has 5 heteroatoms. The number of primary amides is 1. The molecule has 2 aliphatic heterocycles. The average Bonchev–Trinajstić information content (AvgIpc) is 3.22. The summed E-state index contributed by atoms with van der Waals surface area (Å²) in [6.07, 6.45) is 7.46. The van der Waals surface area contributed by atoms with Crippen LogP contribution in [0.15, 0.2) is 54.7 Å². The standard InChI is InChI=1S/C25H27N3O2/c26-25(29)19-5-6-20-18(15-19)10-14-30-24(20)9-13-28-11-7-17(8-12-28)22-16-27-23-4-2-1-3-21(22)23/h1-7,15-16,24,27H,8-14H2,(H2,26,29). The molecule has 0 spiro atoms. The molecule has 0 radical (unpaired) electrons. The minimum Gasteiger partial charge on any atom is -0.373 e. The van der Waals surface area contributed by atoms with Gasteiger partial charge in [0, 0.05) is 47.9 Å². The lowest BCUT2D eigenvalue weighted by molar-refractivity contribution is 0.0299. The summed E-state index contributed by atoms with van der Waals surface area (Å²) in [6.45, 7) is 3.73. The van der Waals surface area contributed by atoms with Gasteiger partial charge < -0.3 is 15.5 Å². The maximum Gasteiger partial charge on any atom is 0.248 e. The van der Waals surface area contributed by atoms with Crippen LogP contribution in [0.1, 0.15) is 46.0 Å². The molecular formula is C25H27N3O2. The van der Waals surface area contributed by atoms with Gasteiger partial charge >= 0.3 is 0 Å². The Labute approximate surface area is 176 Å². The number of H-pyrrole nitrogens is 1. The number of carbonyl (C=O) groups excluding carboxylic acids is 1. The molecule has 30 heavy (non-hydrogen) atoms. The molecule has 2 aromatic carbocycles. The van der Waals surface area contributed by atoms with Crippen LogP contribution in [-0.4, -0.2) is 42.0 Å². The molecule has 1 amide bonds. The third-order valence-corrected chi connectivity index (χ3v) is 6.40. The molecule has 3 heterocycles. The van der Waals surface area contributed by atoms with Crippen LogP contribution in [0.5, 0.6) is 0 Å². The number of hydrogen-bond acceptors (Lipinski definition) is 3. The fraction of sp³-hybridized carbons (Fsp3) is 0.320. The zero-order valence-electron chi connectivity index (χ0n) is 17.1. The molecule has 1 aromatic heterocycles. The Morgan fingerprint density at radius 3 is 2.93 bits per heavy atom. The van der Waals surface area contributed by atoms with Gasteiger partial charge in [-0.3, -0.25) is 9.69 Å². The highest BCUT2D eigenvalue weighted by Gasteiger charge is 2.23. The van der Waals surface area contributed by atoms with Crippen LogP contribution in [-0.2, 0) is 11.2 Å². The minimum absolute atomic E-state index is 0.0923. The van der Waals surface area contributed by atoms with Gasteiger partial charge in [0.2, 0.25) is 5.91 Å². The van der Waals surface area contributed by atoms with E-state index in [2.05, 4.69) is 46.4 Å². The van der Waals surface area contributed by atoms with Gasteiger partial charge in [-0.05, 0) is 54.2 Å². The molecule has 5 nitrogen and oxygen atoms in total. The van der Waals surface area contributed by atoms with Gasteiger partial charge in [-0.15, -0.1) is 0 Å². The molecule has 0 aliphatic carbocycles. The van der Waals surface area contributed by atoms with Gasteiger partial charge in [0.15, 0.2) is 0 Å². The molecular weight excluding hydrogens is 374 g/mol. The number of para-hydroxylation sites is 1. The second-order valence-corrected chi connectivity index (χ2v) is 8.20. The number of carbonyl (C=O) groups is 1. The van der Waals surface area contributed by atoms with Crippen LogP contribution >= 0.6 is 0 Å². The summed E-state index contributed by atoms with van der Waals surface area (Å²) in [4.78, 5) is 17.3. The second-order valence-electron chi connectivity index (χ2n) is 8.20. The van der Waals surface area contributed by atoms with Gasteiger partial charge in [-0.1, -0.05) is 30.3 Å². The quantitative estimate of drug-likeness (QED) is 0.677. The van der Waals surface area contributed by atoms with E-state index in [9.17, 15) is 4.79 Å². The van der Waals surface area contributed by atoms with Crippen LogP contribution in [0.25, 0.3) is 16.5 Å². The summed E-state index contributed by atoms with van der Waals surface area (Å²) >= 11 is 0. The summed E-state index contributed by atoms with van der Waals surface area (Å²) in [5.74, 6) is -0.369. The third kappa shape index (κ3) is 3.66. The van der Waals surface area contributed by atoms with Crippen LogP contribution in [0.4, 0.5) is 0 Å². The molecule has 154 valence electrons. The first-order valence-electron chi connectivity index (χ1n) is 10.7. The first-order chi connectivity index (χ1) is 14.7. The maximum absolute atomic E-state index is 11.5. The third-order valence-electron chi connectivity index (χ3n) is 6.40. The molecule has 0 bridgehead atoms. The summed E-state index contributed by atoms with van der Waals surface area (Å²) in [7, 11) is 0. The fourth-order valence-electron chi connectivity index (χ4n) is 4.73. The van der Waals surface area contributed by atoms with E-state index in [4.69, 9.17) is 10.5 Å². The predicted octanol–water partition coefficient (Wildman–Crippen LogP) is 4.06. The van der Waals surface area contributed by atoms with Gasteiger partial charge in [0.1, 0.15) is 0 Å². The van der Waals surface area contributed by atoms with Crippen LogP contribution in [0, 0.1) is 0 Å². The SMILES string of the molecule is NC(=O)c1ccc2c(c1)CCOC2CCN1CC=C(c2c[nH]c3ccccc23)CC1. The number of nitrogens with one attached hydrogen (secondary N) is 1. The van der Waals surface area contributed by atoms with Crippen molar-refractivity contribution in [2.75, 3.05) is 26.2 Å². The number of rotatable bonds is 5. The van der Waals surface area contributed by atoms with Crippen LogP contribution < -0.4 is 5.73 Å². The number of nitrogens with two attached hydrogens (primary N) is 1. The number of aromatic amines is 1. The van der Waals surface area contributed by atoms with Gasteiger partial charge in [0.25, 0.3) is 0 Å². The van der Waals surface area contributed by atoms with Crippen molar-refractivity contribution in [2.45, 2.75) is 25.4 Å². The van der Waals surface area contributed by atoms with E-state index in [0.717, 1.165) is 38.9 Å². The topological polar surface area (TPSA) is 71.4 Å². The number of hydrogen-bond donors (Lipinski definition) is 2. The molecule has 1 unspecified atom stereocenters. The first kappa shape index (κ1) is 19.1. The highest BCUT2D eigenvalue weighted by Crippen LogP contribution is 2.32. The van der Waals surface area contributed by atoms with Crippen LogP contribution in [0.3, 0.4) is 0 Å². The summed E-state index contributed by atoms with van der Waals surface area (Å²) in [6, 6.07) is 14.3. The Bertz CT molecular complexity index is 1110. The number of nitrogens with zero attached hydrogens (tertiary/aromatic N) is 1. The number of benzene rings is 2. The summed E-state index contributed by atoms with van der Waals surface area (Å²) in [5, 5.41) is 1.31. The fourth-order valence-corrected chi connectivity index (χ4v) is 4.73. The van der Waals surface area contributed by atoms with E-state index in [1.54, 1.807) is 0 Å². The number of aromatic nitrogens is 1. The summed E-state index contributed by atoms with van der Waals surface area (Å²) in [5.41, 5.74) is 12.4. The Balaban J connectivity index is 1.23. The Morgan fingerprint density at radius 1 is 1.20 bits per heavy atom. The van der Waals surface area contributed by atoms with Gasteiger partial charge in [0.05, 0.1) is 12.7 Å². The monoisotopic (exact) mass is 401 g/mol. The van der Waals surface area contributed by atoms with E-state index < -0.39 is 0 Å². The largest absolute Gasteiger partial charge is 0.373 e. The van der Waals surface area contributed by atoms with E-state index in [0.29, 0.717) is 12.2 Å². The number of ether oxygens (including phenoxy) is 1. The lowest BCUT2D eigenvalue weighted by atomic mass is 9.93. The maximum atomic E-state index is 11.5. The zero-order valence-corrected chi connectivity index (χ0v) is 17.1. The highest BCUT2D eigenvalue weighted by atomic mass is 16.5. The summed E-state index contributed by atoms with van der Waals surface area (Å²) < 4.78 is 6.06. The minimum atomic E-state index is -0.369. The zero-order chi connectivity index (χ0) is 20.5. The second kappa shape index (κ2) is 8.09. The van der Waals surface area contributed by atoms with E-state index in [-0.39, 0.29) is 12.0 Å². The van der Waals surface area contributed by atoms with Crippen molar-refractivity contribution in [2.24, 2.45) is 5.73 Å². The molecule has 3 aromatic rings. The lowest BCUT2D eigenvalue weighted by Gasteiger charge is -2.30. The Hall–Kier alpha value is -2.89.